The number of allylic oxidation sites excluding steroid dienone is 5. The molecule has 0 heterocycles. The molecule has 0 amide bonds. The van der Waals surface area contributed by atoms with Gasteiger partial charge in [0.15, 0.2) is 0 Å². The van der Waals surface area contributed by atoms with E-state index in [0.29, 0.717) is 12.2 Å². The summed E-state index contributed by atoms with van der Waals surface area (Å²) >= 11 is 0. The summed E-state index contributed by atoms with van der Waals surface area (Å²) in [6, 6.07) is 7.51. The molecule has 2 atom stereocenters. The summed E-state index contributed by atoms with van der Waals surface area (Å²) in [7, 11) is 0. The first-order valence-electron chi connectivity index (χ1n) is 8.69. The van der Waals surface area contributed by atoms with Crippen LogP contribution in [-0.2, 0) is 5.41 Å². The average molecular weight is 324 g/mol. The SMILES string of the molecule is C=CCC(CCCC)(c1ccc(O)cc1)C1C=CC(O)=CCC1=C. The molecule has 1 aromatic carbocycles. The van der Waals surface area contributed by atoms with E-state index in [-0.39, 0.29) is 17.1 Å². The van der Waals surface area contributed by atoms with Crippen molar-refractivity contribution >= 4 is 0 Å². The van der Waals surface area contributed by atoms with E-state index >= 15 is 0 Å². The quantitative estimate of drug-likeness (QED) is 0.606. The smallest absolute Gasteiger partial charge is 0.115 e. The maximum Gasteiger partial charge on any atom is 0.115 e. The van der Waals surface area contributed by atoms with Crippen LogP contribution < -0.4 is 0 Å². The Hall–Kier alpha value is -2.22. The van der Waals surface area contributed by atoms with Gasteiger partial charge in [-0.25, -0.2) is 0 Å². The summed E-state index contributed by atoms with van der Waals surface area (Å²) in [5.41, 5.74) is 2.13. The molecule has 0 bridgehead atoms. The van der Waals surface area contributed by atoms with Crippen molar-refractivity contribution in [2.24, 2.45) is 5.92 Å². The van der Waals surface area contributed by atoms with E-state index in [9.17, 15) is 10.2 Å². The number of hydrogen-bond acceptors (Lipinski definition) is 2. The van der Waals surface area contributed by atoms with Crippen LogP contribution >= 0.6 is 0 Å². The highest BCUT2D eigenvalue weighted by atomic mass is 16.3. The number of phenolic OH excluding ortho intramolecular Hbond substituents is 1. The van der Waals surface area contributed by atoms with Crippen LogP contribution in [0.15, 0.2) is 73.1 Å². The first-order chi connectivity index (χ1) is 11.5. The molecule has 2 unspecified atom stereocenters. The summed E-state index contributed by atoms with van der Waals surface area (Å²) in [5, 5.41) is 19.6. The van der Waals surface area contributed by atoms with Gasteiger partial charge in [0.25, 0.3) is 0 Å². The Morgan fingerprint density at radius 3 is 2.58 bits per heavy atom. The van der Waals surface area contributed by atoms with E-state index in [1.165, 1.54) is 5.56 Å². The first kappa shape index (κ1) is 18.1. The number of benzene rings is 1. The summed E-state index contributed by atoms with van der Waals surface area (Å²) in [6.07, 6.45) is 12.4. The second-order valence-electron chi connectivity index (χ2n) is 6.63. The topological polar surface area (TPSA) is 40.5 Å². The van der Waals surface area contributed by atoms with Gasteiger partial charge in [-0.15, -0.1) is 6.58 Å². The zero-order valence-corrected chi connectivity index (χ0v) is 14.5. The minimum absolute atomic E-state index is 0.118. The Kier molecular flexibility index (Phi) is 6.08. The largest absolute Gasteiger partial charge is 0.508 e. The van der Waals surface area contributed by atoms with Gasteiger partial charge in [-0.3, -0.25) is 0 Å². The van der Waals surface area contributed by atoms with E-state index in [1.54, 1.807) is 18.2 Å². The van der Waals surface area contributed by atoms with Gasteiger partial charge < -0.3 is 10.2 Å². The Morgan fingerprint density at radius 1 is 1.25 bits per heavy atom. The average Bonchev–Trinajstić information content (AvgIpc) is 2.74. The lowest BCUT2D eigenvalue weighted by atomic mass is 9.62. The molecule has 0 fully saturated rings. The third kappa shape index (κ3) is 3.81. The van der Waals surface area contributed by atoms with Crippen molar-refractivity contribution < 1.29 is 10.2 Å². The van der Waals surface area contributed by atoms with Crippen LogP contribution in [0, 0.1) is 5.92 Å². The fourth-order valence-electron chi connectivity index (χ4n) is 3.71. The van der Waals surface area contributed by atoms with E-state index in [0.717, 1.165) is 31.3 Å². The molecule has 2 rings (SSSR count). The maximum absolute atomic E-state index is 9.88. The zero-order chi connectivity index (χ0) is 17.6. The van der Waals surface area contributed by atoms with Gasteiger partial charge in [0.2, 0.25) is 0 Å². The third-order valence-corrected chi connectivity index (χ3v) is 5.00. The highest BCUT2D eigenvalue weighted by Gasteiger charge is 2.39. The van der Waals surface area contributed by atoms with Crippen LogP contribution in [0.1, 0.15) is 44.6 Å². The van der Waals surface area contributed by atoms with Gasteiger partial charge >= 0.3 is 0 Å². The second kappa shape index (κ2) is 8.05. The molecule has 2 N–H and O–H groups in total. The van der Waals surface area contributed by atoms with Crippen LogP contribution in [0.25, 0.3) is 0 Å². The third-order valence-electron chi connectivity index (χ3n) is 5.00. The minimum Gasteiger partial charge on any atom is -0.508 e. The maximum atomic E-state index is 9.88. The van der Waals surface area contributed by atoms with E-state index in [1.807, 2.05) is 24.3 Å². The molecule has 2 nitrogen and oxygen atoms in total. The summed E-state index contributed by atoms with van der Waals surface area (Å²) in [5.74, 6) is 0.691. The number of phenols is 1. The standard InChI is InChI=1S/C22H28O2/c1-4-6-16-22(15-5-2,18-8-11-20(24)12-9-18)21-14-13-19(23)10-7-17(21)3/h5,8-14,21,23-24H,2-4,6-7,15-16H2,1H3. The normalized spacial score (nSPS) is 20.1. The molecule has 24 heavy (non-hydrogen) atoms. The highest BCUT2D eigenvalue weighted by Crippen LogP contribution is 2.46. The van der Waals surface area contributed by atoms with Crippen LogP contribution in [0.3, 0.4) is 0 Å². The molecule has 0 aliphatic heterocycles. The van der Waals surface area contributed by atoms with E-state index in [2.05, 4.69) is 26.2 Å². The summed E-state index contributed by atoms with van der Waals surface area (Å²) in [4.78, 5) is 0. The first-order valence-corrected chi connectivity index (χ1v) is 8.69. The summed E-state index contributed by atoms with van der Waals surface area (Å²) in [6.45, 7) is 10.5. The second-order valence-corrected chi connectivity index (χ2v) is 6.63. The Labute approximate surface area is 145 Å². The number of aliphatic hydroxyl groups excluding tert-OH is 1. The molecule has 128 valence electrons. The monoisotopic (exact) mass is 324 g/mol. The number of unbranched alkanes of at least 4 members (excludes halogenated alkanes) is 1. The molecule has 1 aliphatic carbocycles. The fraction of sp³-hybridized carbons (Fsp3) is 0.364. The van der Waals surface area contributed by atoms with Crippen molar-refractivity contribution in [2.45, 2.75) is 44.4 Å². The molecule has 0 aromatic heterocycles. The zero-order valence-electron chi connectivity index (χ0n) is 14.5. The molecule has 2 heteroatoms. The highest BCUT2D eigenvalue weighted by molar-refractivity contribution is 5.39. The van der Waals surface area contributed by atoms with Crippen molar-refractivity contribution in [1.29, 1.82) is 0 Å². The Bertz CT molecular complexity index is 636. The molecule has 1 aliphatic rings. The number of aliphatic hydroxyl groups is 1. The predicted octanol–water partition coefficient (Wildman–Crippen LogP) is 5.97. The summed E-state index contributed by atoms with van der Waals surface area (Å²) < 4.78 is 0. The van der Waals surface area contributed by atoms with E-state index < -0.39 is 0 Å². The lowest BCUT2D eigenvalue weighted by Crippen LogP contribution is -2.35. The number of rotatable bonds is 7. The lowest BCUT2D eigenvalue weighted by Gasteiger charge is -2.41. The van der Waals surface area contributed by atoms with Gasteiger partial charge in [0.1, 0.15) is 11.5 Å². The van der Waals surface area contributed by atoms with Crippen molar-refractivity contribution in [3.63, 3.8) is 0 Å². The van der Waals surface area contributed by atoms with Crippen LogP contribution in [-0.4, -0.2) is 10.2 Å². The van der Waals surface area contributed by atoms with Crippen LogP contribution in [0.2, 0.25) is 0 Å². The fourth-order valence-corrected chi connectivity index (χ4v) is 3.71. The van der Waals surface area contributed by atoms with Gasteiger partial charge in [-0.2, -0.15) is 0 Å². The molecular formula is C22H28O2. The number of aromatic hydroxyl groups is 1. The predicted molar refractivity (Wildman–Crippen MR) is 101 cm³/mol. The molecule has 0 saturated heterocycles. The van der Waals surface area contributed by atoms with Gasteiger partial charge in [0.05, 0.1) is 0 Å². The van der Waals surface area contributed by atoms with Crippen LogP contribution in [0.5, 0.6) is 5.75 Å². The van der Waals surface area contributed by atoms with Crippen molar-refractivity contribution in [3.8, 4) is 5.75 Å². The Balaban J connectivity index is 2.55. The molecule has 1 aromatic rings. The van der Waals surface area contributed by atoms with Gasteiger partial charge in [-0.05, 0) is 49.1 Å². The minimum atomic E-state index is -0.155. The van der Waals surface area contributed by atoms with Gasteiger partial charge in [-0.1, -0.05) is 56.2 Å². The van der Waals surface area contributed by atoms with Gasteiger partial charge in [0, 0.05) is 11.3 Å². The molecular weight excluding hydrogens is 296 g/mol. The lowest BCUT2D eigenvalue weighted by molar-refractivity contribution is 0.315. The van der Waals surface area contributed by atoms with Crippen molar-refractivity contribution in [3.05, 3.63) is 78.6 Å². The number of hydrogen-bond donors (Lipinski definition) is 2. The van der Waals surface area contributed by atoms with E-state index in [4.69, 9.17) is 0 Å². The molecule has 0 saturated carbocycles. The van der Waals surface area contributed by atoms with Crippen molar-refractivity contribution in [2.75, 3.05) is 0 Å². The molecule has 0 radical (unpaired) electrons. The molecule has 0 spiro atoms. The Morgan fingerprint density at radius 2 is 1.96 bits per heavy atom. The van der Waals surface area contributed by atoms with Crippen LogP contribution in [0.4, 0.5) is 0 Å². The van der Waals surface area contributed by atoms with Crippen molar-refractivity contribution in [1.82, 2.24) is 0 Å².